The largest absolute Gasteiger partial charge is 0.366 e. The van der Waals surface area contributed by atoms with Gasteiger partial charge in [-0.1, -0.05) is 37.3 Å². The Hall–Kier alpha value is -2.47. The van der Waals surface area contributed by atoms with Crippen LogP contribution in [0, 0.1) is 0 Å². The average molecular weight is 302 g/mol. The van der Waals surface area contributed by atoms with Gasteiger partial charge in [0.15, 0.2) is 0 Å². The lowest BCUT2D eigenvalue weighted by Gasteiger charge is -2.02. The Labute approximate surface area is 125 Å². The van der Waals surface area contributed by atoms with E-state index in [0.717, 1.165) is 10.4 Å². The summed E-state index contributed by atoms with van der Waals surface area (Å²) in [5.74, 6) is -1.92. The van der Waals surface area contributed by atoms with Crippen molar-refractivity contribution in [2.75, 3.05) is 5.32 Å². The normalized spacial score (nSPS) is 10.1. The molecule has 108 valence electrons. The fourth-order valence-corrected chi connectivity index (χ4v) is 2.81. The summed E-state index contributed by atoms with van der Waals surface area (Å²) in [5.41, 5.74) is 6.44. The van der Waals surface area contributed by atoms with Crippen molar-refractivity contribution in [3.05, 3.63) is 42.0 Å². The summed E-state index contributed by atoms with van der Waals surface area (Å²) in [4.78, 5) is 35.3. The Morgan fingerprint density at radius 2 is 1.86 bits per heavy atom. The Bertz CT molecular complexity index is 692. The fraction of sp³-hybridized carbons (Fsp3) is 0.133. The number of hydrogen-bond donors (Lipinski definition) is 2. The SMILES string of the molecule is CCC(=O)C(=O)Nc1sc(-c2ccccc2)cc1C(N)=O. The fourth-order valence-electron chi connectivity index (χ4n) is 1.74. The predicted octanol–water partition coefficient (Wildman–Crippen LogP) is 2.43. The Kier molecular flexibility index (Phi) is 4.49. The number of benzene rings is 1. The predicted molar refractivity (Wildman–Crippen MR) is 82.2 cm³/mol. The minimum Gasteiger partial charge on any atom is -0.366 e. The van der Waals surface area contributed by atoms with Crippen molar-refractivity contribution in [3.8, 4) is 10.4 Å². The third-order valence-corrected chi connectivity index (χ3v) is 3.96. The van der Waals surface area contributed by atoms with Gasteiger partial charge >= 0.3 is 0 Å². The molecule has 2 amide bonds. The molecule has 0 fully saturated rings. The third-order valence-electron chi connectivity index (χ3n) is 2.86. The van der Waals surface area contributed by atoms with Crippen molar-refractivity contribution in [3.63, 3.8) is 0 Å². The van der Waals surface area contributed by atoms with Crippen molar-refractivity contribution < 1.29 is 14.4 Å². The molecule has 0 bridgehead atoms. The highest BCUT2D eigenvalue weighted by molar-refractivity contribution is 7.20. The van der Waals surface area contributed by atoms with Crippen molar-refractivity contribution in [2.24, 2.45) is 5.73 Å². The first-order valence-corrected chi connectivity index (χ1v) is 7.17. The van der Waals surface area contributed by atoms with E-state index < -0.39 is 17.6 Å². The quantitative estimate of drug-likeness (QED) is 0.831. The van der Waals surface area contributed by atoms with Crippen LogP contribution < -0.4 is 11.1 Å². The molecule has 0 unspecified atom stereocenters. The standard InChI is InChI=1S/C15H14N2O3S/c1-2-11(18)14(20)17-15-10(13(16)19)8-12(21-15)9-6-4-3-5-7-9/h3-8H,2H2,1H3,(H2,16,19)(H,17,20). The van der Waals surface area contributed by atoms with Gasteiger partial charge in [0.1, 0.15) is 5.00 Å². The van der Waals surface area contributed by atoms with E-state index in [-0.39, 0.29) is 12.0 Å². The zero-order chi connectivity index (χ0) is 15.4. The van der Waals surface area contributed by atoms with E-state index in [1.54, 1.807) is 13.0 Å². The molecule has 0 aliphatic rings. The minimum atomic E-state index is -0.735. The molecule has 0 saturated heterocycles. The summed E-state index contributed by atoms with van der Waals surface area (Å²) in [6.45, 7) is 1.60. The zero-order valence-electron chi connectivity index (χ0n) is 11.4. The molecular weight excluding hydrogens is 288 g/mol. The Morgan fingerprint density at radius 1 is 1.19 bits per heavy atom. The van der Waals surface area contributed by atoms with Crippen molar-refractivity contribution in [1.82, 2.24) is 0 Å². The van der Waals surface area contributed by atoms with Crippen LogP contribution in [0.1, 0.15) is 23.7 Å². The molecule has 21 heavy (non-hydrogen) atoms. The van der Waals surface area contributed by atoms with E-state index in [2.05, 4.69) is 5.32 Å². The molecule has 1 heterocycles. The first kappa shape index (κ1) is 14.9. The van der Waals surface area contributed by atoms with Crippen LogP contribution in [0.2, 0.25) is 0 Å². The maximum atomic E-state index is 11.7. The summed E-state index contributed by atoms with van der Waals surface area (Å²) in [7, 11) is 0. The lowest BCUT2D eigenvalue weighted by atomic mass is 10.1. The number of carbonyl (C=O) groups excluding carboxylic acids is 3. The summed E-state index contributed by atoms with van der Waals surface area (Å²) in [5, 5.41) is 2.76. The highest BCUT2D eigenvalue weighted by Gasteiger charge is 2.19. The molecular formula is C15H14N2O3S. The molecule has 0 saturated carbocycles. The van der Waals surface area contributed by atoms with Crippen molar-refractivity contribution in [2.45, 2.75) is 13.3 Å². The van der Waals surface area contributed by atoms with Crippen LogP contribution in [-0.4, -0.2) is 17.6 Å². The number of anilines is 1. The number of rotatable bonds is 5. The first-order valence-electron chi connectivity index (χ1n) is 6.36. The highest BCUT2D eigenvalue weighted by Crippen LogP contribution is 2.35. The van der Waals surface area contributed by atoms with Gasteiger partial charge < -0.3 is 11.1 Å². The van der Waals surface area contributed by atoms with Crippen LogP contribution in [0.3, 0.4) is 0 Å². The number of thiophene rings is 1. The molecule has 5 nitrogen and oxygen atoms in total. The van der Waals surface area contributed by atoms with Gasteiger partial charge in [0.25, 0.3) is 11.8 Å². The second-order valence-electron chi connectivity index (χ2n) is 4.31. The number of hydrogen-bond acceptors (Lipinski definition) is 4. The number of carbonyl (C=O) groups is 3. The molecule has 0 spiro atoms. The van der Waals surface area contributed by atoms with Gasteiger partial charge in [-0.25, -0.2) is 0 Å². The number of Topliss-reactive ketones (excluding diaryl/α,β-unsaturated/α-hetero) is 1. The van der Waals surface area contributed by atoms with E-state index in [9.17, 15) is 14.4 Å². The topological polar surface area (TPSA) is 89.3 Å². The molecule has 0 aliphatic heterocycles. The molecule has 0 atom stereocenters. The van der Waals surface area contributed by atoms with Crippen molar-refractivity contribution >= 4 is 33.9 Å². The third kappa shape index (κ3) is 3.35. The molecule has 0 aliphatic carbocycles. The van der Waals surface area contributed by atoms with E-state index >= 15 is 0 Å². The zero-order valence-corrected chi connectivity index (χ0v) is 12.2. The van der Waals surface area contributed by atoms with Gasteiger partial charge in [-0.2, -0.15) is 0 Å². The monoisotopic (exact) mass is 302 g/mol. The van der Waals surface area contributed by atoms with Crippen molar-refractivity contribution in [1.29, 1.82) is 0 Å². The molecule has 0 radical (unpaired) electrons. The summed E-state index contributed by atoms with van der Waals surface area (Å²) in [6, 6.07) is 11.0. The number of nitrogens with two attached hydrogens (primary N) is 1. The Balaban J connectivity index is 2.37. The number of amides is 2. The van der Waals surface area contributed by atoms with Crippen LogP contribution in [-0.2, 0) is 9.59 Å². The molecule has 6 heteroatoms. The maximum absolute atomic E-state index is 11.7. The smallest absolute Gasteiger partial charge is 0.292 e. The minimum absolute atomic E-state index is 0.106. The lowest BCUT2D eigenvalue weighted by Crippen LogP contribution is -2.23. The molecule has 2 rings (SSSR count). The van der Waals surface area contributed by atoms with Crippen LogP contribution in [0.15, 0.2) is 36.4 Å². The second-order valence-corrected chi connectivity index (χ2v) is 5.37. The van der Waals surface area contributed by atoms with Crippen LogP contribution in [0.25, 0.3) is 10.4 Å². The number of ketones is 1. The van der Waals surface area contributed by atoms with E-state index in [4.69, 9.17) is 5.73 Å². The van der Waals surface area contributed by atoms with Gasteiger partial charge in [0, 0.05) is 11.3 Å². The number of primary amides is 1. The Morgan fingerprint density at radius 3 is 2.43 bits per heavy atom. The molecule has 1 aromatic heterocycles. The van der Waals surface area contributed by atoms with Crippen LogP contribution >= 0.6 is 11.3 Å². The second kappa shape index (κ2) is 6.32. The summed E-state index contributed by atoms with van der Waals surface area (Å²) in [6.07, 6.45) is 0.106. The summed E-state index contributed by atoms with van der Waals surface area (Å²) < 4.78 is 0. The van der Waals surface area contributed by atoms with E-state index in [1.807, 2.05) is 30.3 Å². The molecule has 1 aromatic carbocycles. The highest BCUT2D eigenvalue weighted by atomic mass is 32.1. The maximum Gasteiger partial charge on any atom is 0.292 e. The molecule has 2 aromatic rings. The van der Waals surface area contributed by atoms with Crippen LogP contribution in [0.5, 0.6) is 0 Å². The van der Waals surface area contributed by atoms with Gasteiger partial charge in [-0.15, -0.1) is 11.3 Å². The van der Waals surface area contributed by atoms with Gasteiger partial charge in [0.05, 0.1) is 5.56 Å². The summed E-state index contributed by atoms with van der Waals surface area (Å²) >= 11 is 1.21. The van der Waals surface area contributed by atoms with Crippen LogP contribution in [0.4, 0.5) is 5.00 Å². The van der Waals surface area contributed by atoms with E-state index in [1.165, 1.54) is 11.3 Å². The van der Waals surface area contributed by atoms with Gasteiger partial charge in [0.2, 0.25) is 5.78 Å². The van der Waals surface area contributed by atoms with Gasteiger partial charge in [-0.05, 0) is 11.6 Å². The lowest BCUT2D eigenvalue weighted by molar-refractivity contribution is -0.134. The first-order chi connectivity index (χ1) is 10.0. The van der Waals surface area contributed by atoms with E-state index in [0.29, 0.717) is 5.00 Å². The van der Waals surface area contributed by atoms with Gasteiger partial charge in [-0.3, -0.25) is 14.4 Å². The number of nitrogens with one attached hydrogen (secondary N) is 1. The average Bonchev–Trinajstić information content (AvgIpc) is 2.91. The molecule has 3 N–H and O–H groups in total.